The lowest BCUT2D eigenvalue weighted by molar-refractivity contribution is -0.140. The lowest BCUT2D eigenvalue weighted by Gasteiger charge is -2.30. The summed E-state index contributed by atoms with van der Waals surface area (Å²) < 4.78 is 0. The number of likely N-dealkylation sites (tertiary alicyclic amines) is 1. The molecule has 142 valence electrons. The summed E-state index contributed by atoms with van der Waals surface area (Å²) in [6.45, 7) is 1.75. The first-order valence-corrected chi connectivity index (χ1v) is 9.89. The molecule has 0 aliphatic carbocycles. The van der Waals surface area contributed by atoms with Crippen LogP contribution in [0.4, 0.5) is 0 Å². The molecule has 5 rings (SSSR count). The summed E-state index contributed by atoms with van der Waals surface area (Å²) in [5, 5.41) is 1.88. The number of nitrogens with zero attached hydrogens (tertiary/aromatic N) is 2. The first-order valence-electron chi connectivity index (χ1n) is 9.51. The van der Waals surface area contributed by atoms with E-state index < -0.39 is 0 Å². The summed E-state index contributed by atoms with van der Waals surface area (Å²) in [5.74, 6) is -0.176. The Bertz CT molecular complexity index is 1080. The van der Waals surface area contributed by atoms with Crippen LogP contribution in [-0.4, -0.2) is 39.2 Å². The molecule has 2 aliphatic heterocycles. The Balaban J connectivity index is 1.37. The second-order valence-corrected chi connectivity index (χ2v) is 7.95. The number of H-pyrrole nitrogens is 1. The number of imide groups is 1. The average molecular weight is 394 g/mol. The summed E-state index contributed by atoms with van der Waals surface area (Å²) in [6.07, 6.45) is 1.10. The number of benzene rings is 2. The van der Waals surface area contributed by atoms with E-state index in [1.165, 1.54) is 10.5 Å². The summed E-state index contributed by atoms with van der Waals surface area (Å²) in [5.41, 5.74) is 4.42. The number of aromatic amines is 1. The first kappa shape index (κ1) is 17.5. The van der Waals surface area contributed by atoms with E-state index in [1.807, 2.05) is 48.5 Å². The molecule has 1 fully saturated rings. The molecular weight excluding hydrogens is 374 g/mol. The number of carbonyl (C=O) groups excluding carboxylic acids is 2. The van der Waals surface area contributed by atoms with Gasteiger partial charge in [0.15, 0.2) is 0 Å². The molecule has 0 spiro atoms. The smallest absolute Gasteiger partial charge is 0.247 e. The van der Waals surface area contributed by atoms with E-state index >= 15 is 0 Å². The molecule has 1 N–H and O–H groups in total. The molecule has 0 radical (unpaired) electrons. The zero-order chi connectivity index (χ0) is 19.3. The van der Waals surface area contributed by atoms with Crippen molar-refractivity contribution in [2.45, 2.75) is 32.0 Å². The fraction of sp³-hybridized carbons (Fsp3) is 0.273. The zero-order valence-corrected chi connectivity index (χ0v) is 16.1. The van der Waals surface area contributed by atoms with Gasteiger partial charge < -0.3 is 4.98 Å². The SMILES string of the molecule is O=C1CC(N2CCc3c([nH]c4ccc(Cl)cc34)C2)C(=O)N1Cc1ccccc1. The van der Waals surface area contributed by atoms with Crippen LogP contribution in [0.3, 0.4) is 0 Å². The predicted octanol–water partition coefficient (Wildman–Crippen LogP) is 3.51. The van der Waals surface area contributed by atoms with Crippen LogP contribution >= 0.6 is 11.6 Å². The van der Waals surface area contributed by atoms with Gasteiger partial charge in [0.1, 0.15) is 0 Å². The van der Waals surface area contributed by atoms with Gasteiger partial charge in [0.05, 0.1) is 19.0 Å². The minimum atomic E-state index is -0.376. The van der Waals surface area contributed by atoms with Crippen molar-refractivity contribution in [3.05, 3.63) is 70.4 Å². The molecule has 1 atom stereocenters. The Hall–Kier alpha value is -2.63. The van der Waals surface area contributed by atoms with Crippen LogP contribution in [0, 0.1) is 0 Å². The number of amides is 2. The number of fused-ring (bicyclic) bond motifs is 3. The predicted molar refractivity (Wildman–Crippen MR) is 108 cm³/mol. The van der Waals surface area contributed by atoms with Gasteiger partial charge in [-0.2, -0.15) is 0 Å². The third-order valence-electron chi connectivity index (χ3n) is 5.81. The molecule has 2 aromatic carbocycles. The van der Waals surface area contributed by atoms with Crippen LogP contribution in [0.15, 0.2) is 48.5 Å². The Labute approximate surface area is 167 Å². The van der Waals surface area contributed by atoms with Crippen LogP contribution in [0.25, 0.3) is 10.9 Å². The van der Waals surface area contributed by atoms with Crippen LogP contribution in [0.2, 0.25) is 5.02 Å². The van der Waals surface area contributed by atoms with E-state index in [9.17, 15) is 9.59 Å². The molecule has 0 saturated carbocycles. The Morgan fingerprint density at radius 1 is 1.11 bits per heavy atom. The van der Waals surface area contributed by atoms with Crippen LogP contribution in [0.5, 0.6) is 0 Å². The largest absolute Gasteiger partial charge is 0.357 e. The van der Waals surface area contributed by atoms with Crippen molar-refractivity contribution >= 4 is 34.3 Å². The molecule has 0 bridgehead atoms. The van der Waals surface area contributed by atoms with Gasteiger partial charge in [-0.25, -0.2) is 0 Å². The van der Waals surface area contributed by atoms with Gasteiger partial charge in [-0.1, -0.05) is 41.9 Å². The number of aromatic nitrogens is 1. The second kappa shape index (κ2) is 6.76. The lowest BCUT2D eigenvalue weighted by atomic mass is 10.0. The van der Waals surface area contributed by atoms with Crippen molar-refractivity contribution in [1.29, 1.82) is 0 Å². The van der Waals surface area contributed by atoms with E-state index in [-0.39, 0.29) is 24.3 Å². The Morgan fingerprint density at radius 3 is 2.75 bits per heavy atom. The molecule has 3 aromatic rings. The molecule has 1 aromatic heterocycles. The van der Waals surface area contributed by atoms with Gasteiger partial charge in [-0.05, 0) is 35.7 Å². The number of carbonyl (C=O) groups is 2. The number of nitrogens with one attached hydrogen (secondary N) is 1. The monoisotopic (exact) mass is 393 g/mol. The molecule has 1 unspecified atom stereocenters. The van der Waals surface area contributed by atoms with Gasteiger partial charge in [0, 0.05) is 34.7 Å². The quantitative estimate of drug-likeness (QED) is 0.693. The molecule has 3 heterocycles. The third kappa shape index (κ3) is 2.91. The first-order chi connectivity index (χ1) is 13.6. The molecular formula is C22H20ClN3O2. The minimum absolute atomic E-state index is 0.0866. The van der Waals surface area contributed by atoms with E-state index in [2.05, 4.69) is 9.88 Å². The van der Waals surface area contributed by atoms with E-state index in [4.69, 9.17) is 11.6 Å². The highest BCUT2D eigenvalue weighted by molar-refractivity contribution is 6.31. The number of hydrogen-bond donors (Lipinski definition) is 1. The minimum Gasteiger partial charge on any atom is -0.357 e. The van der Waals surface area contributed by atoms with Gasteiger partial charge in [-0.15, -0.1) is 0 Å². The molecule has 1 saturated heterocycles. The number of halogens is 1. The van der Waals surface area contributed by atoms with Crippen molar-refractivity contribution in [3.63, 3.8) is 0 Å². The van der Waals surface area contributed by atoms with Crippen LogP contribution in [-0.2, 0) is 29.1 Å². The van der Waals surface area contributed by atoms with E-state index in [0.717, 1.165) is 40.1 Å². The number of hydrogen-bond acceptors (Lipinski definition) is 3. The summed E-state index contributed by atoms with van der Waals surface area (Å²) in [4.78, 5) is 32.5. The van der Waals surface area contributed by atoms with Gasteiger partial charge >= 0.3 is 0 Å². The fourth-order valence-electron chi connectivity index (χ4n) is 4.38. The maximum atomic E-state index is 13.0. The summed E-state index contributed by atoms with van der Waals surface area (Å²) in [6, 6.07) is 15.1. The standard InChI is InChI=1S/C22H20ClN3O2/c23-15-6-7-18-17(10-15)16-8-9-25(13-19(16)24-18)20-11-21(27)26(22(20)28)12-14-4-2-1-3-5-14/h1-7,10,20,24H,8-9,11-13H2. The normalized spacial score (nSPS) is 20.2. The van der Waals surface area contributed by atoms with E-state index in [0.29, 0.717) is 13.1 Å². The topological polar surface area (TPSA) is 56.4 Å². The molecule has 6 heteroatoms. The third-order valence-corrected chi connectivity index (χ3v) is 6.05. The van der Waals surface area contributed by atoms with Crippen molar-refractivity contribution in [3.8, 4) is 0 Å². The summed E-state index contributed by atoms with van der Waals surface area (Å²) >= 11 is 6.16. The fourth-order valence-corrected chi connectivity index (χ4v) is 4.55. The number of rotatable bonds is 3. The Kier molecular flexibility index (Phi) is 4.22. The van der Waals surface area contributed by atoms with Crippen LogP contribution in [0.1, 0.15) is 23.2 Å². The van der Waals surface area contributed by atoms with Gasteiger partial charge in [0.25, 0.3) is 0 Å². The van der Waals surface area contributed by atoms with Gasteiger partial charge in [-0.3, -0.25) is 19.4 Å². The van der Waals surface area contributed by atoms with Crippen LogP contribution < -0.4 is 0 Å². The van der Waals surface area contributed by atoms with Gasteiger partial charge in [0.2, 0.25) is 11.8 Å². The highest BCUT2D eigenvalue weighted by atomic mass is 35.5. The maximum Gasteiger partial charge on any atom is 0.247 e. The van der Waals surface area contributed by atoms with Crippen molar-refractivity contribution in [2.75, 3.05) is 6.54 Å². The van der Waals surface area contributed by atoms with E-state index in [1.54, 1.807) is 0 Å². The highest BCUT2D eigenvalue weighted by Gasteiger charge is 2.42. The second-order valence-electron chi connectivity index (χ2n) is 7.52. The summed E-state index contributed by atoms with van der Waals surface area (Å²) in [7, 11) is 0. The zero-order valence-electron chi connectivity index (χ0n) is 15.3. The van der Waals surface area contributed by atoms with Crippen molar-refractivity contribution in [1.82, 2.24) is 14.8 Å². The van der Waals surface area contributed by atoms with Crippen molar-refractivity contribution < 1.29 is 9.59 Å². The molecule has 2 amide bonds. The highest BCUT2D eigenvalue weighted by Crippen LogP contribution is 2.32. The molecule has 2 aliphatic rings. The average Bonchev–Trinajstić information content (AvgIpc) is 3.20. The lowest BCUT2D eigenvalue weighted by Crippen LogP contribution is -2.44. The maximum absolute atomic E-state index is 13.0. The molecule has 5 nitrogen and oxygen atoms in total. The Morgan fingerprint density at radius 2 is 1.93 bits per heavy atom. The molecule has 28 heavy (non-hydrogen) atoms. The van der Waals surface area contributed by atoms with Crippen molar-refractivity contribution in [2.24, 2.45) is 0 Å².